The third kappa shape index (κ3) is 4.20. The second kappa shape index (κ2) is 6.73. The van der Waals surface area contributed by atoms with E-state index < -0.39 is 7.32 Å². The topological polar surface area (TPSA) is 101 Å². The van der Waals surface area contributed by atoms with Crippen LogP contribution in [0.25, 0.3) is 0 Å². The van der Waals surface area contributed by atoms with Crippen LogP contribution in [-0.4, -0.2) is 35.4 Å². The number of benzene rings is 1. The lowest BCUT2D eigenvalue weighted by molar-refractivity contribution is 0.102. The minimum atomic E-state index is -1.95. The molecule has 0 spiro atoms. The van der Waals surface area contributed by atoms with Gasteiger partial charge in [-0.25, -0.2) is 0 Å². The van der Waals surface area contributed by atoms with Crippen molar-refractivity contribution in [3.05, 3.63) is 48.3 Å². The van der Waals surface area contributed by atoms with Gasteiger partial charge in [-0.05, 0) is 24.3 Å². The molecule has 0 fully saturated rings. The molecule has 2 rings (SSSR count). The highest BCUT2D eigenvalue weighted by Crippen LogP contribution is 2.17. The van der Waals surface area contributed by atoms with Gasteiger partial charge in [0.25, 0.3) is 5.91 Å². The molecule has 1 heterocycles. The number of anilines is 1. The smallest absolute Gasteiger partial charge is 0.511 e. The van der Waals surface area contributed by atoms with Crippen LogP contribution in [0, 0.1) is 0 Å². The number of methoxy groups -OCH3 is 1. The zero-order valence-electron chi connectivity index (χ0n) is 11.2. The third-order valence-corrected chi connectivity index (χ3v) is 2.56. The molecule has 8 heteroatoms. The summed E-state index contributed by atoms with van der Waals surface area (Å²) >= 11 is 0. The van der Waals surface area contributed by atoms with E-state index in [0.717, 1.165) is 0 Å². The van der Waals surface area contributed by atoms with E-state index >= 15 is 0 Å². The van der Waals surface area contributed by atoms with Gasteiger partial charge in [0.1, 0.15) is 11.5 Å². The van der Waals surface area contributed by atoms with Gasteiger partial charge >= 0.3 is 7.32 Å². The van der Waals surface area contributed by atoms with Gasteiger partial charge in [0.2, 0.25) is 0 Å². The van der Waals surface area contributed by atoms with Crippen molar-refractivity contribution in [1.82, 2.24) is 4.98 Å². The maximum absolute atomic E-state index is 12.0. The molecule has 0 atom stereocenters. The molecule has 0 radical (unpaired) electrons. The maximum Gasteiger partial charge on any atom is 0.707 e. The Kier molecular flexibility index (Phi) is 4.75. The van der Waals surface area contributed by atoms with Crippen molar-refractivity contribution >= 4 is 18.9 Å². The first kappa shape index (κ1) is 14.8. The van der Waals surface area contributed by atoms with Gasteiger partial charge in [-0.2, -0.15) is 0 Å². The Balaban J connectivity index is 2.07. The predicted molar refractivity (Wildman–Crippen MR) is 76.0 cm³/mol. The highest BCUT2D eigenvalue weighted by atomic mass is 16.6. The molecule has 0 unspecified atom stereocenters. The van der Waals surface area contributed by atoms with Gasteiger partial charge in [0.05, 0.1) is 25.2 Å². The highest BCUT2D eigenvalue weighted by Gasteiger charge is 2.12. The lowest BCUT2D eigenvalue weighted by Crippen LogP contribution is -2.20. The van der Waals surface area contributed by atoms with E-state index in [-0.39, 0.29) is 11.7 Å². The number of pyridine rings is 1. The predicted octanol–water partition coefficient (Wildman–Crippen LogP) is 0.691. The molecular weight excluding hydrogens is 275 g/mol. The highest BCUT2D eigenvalue weighted by molar-refractivity contribution is 6.33. The molecule has 1 aromatic heterocycles. The van der Waals surface area contributed by atoms with Crippen LogP contribution in [0.1, 0.15) is 10.4 Å². The lowest BCUT2D eigenvalue weighted by Gasteiger charge is -2.08. The number of rotatable bonds is 5. The minimum Gasteiger partial charge on any atom is -0.511 e. The number of amides is 1. The Morgan fingerprint density at radius 1 is 1.19 bits per heavy atom. The van der Waals surface area contributed by atoms with Crippen molar-refractivity contribution in [2.75, 3.05) is 12.4 Å². The second-order valence-electron chi connectivity index (χ2n) is 4.04. The van der Waals surface area contributed by atoms with E-state index in [4.69, 9.17) is 14.8 Å². The van der Waals surface area contributed by atoms with Gasteiger partial charge in [-0.3, -0.25) is 9.78 Å². The quantitative estimate of drug-likeness (QED) is 0.700. The fourth-order valence-corrected chi connectivity index (χ4v) is 1.62. The van der Waals surface area contributed by atoms with E-state index in [1.54, 1.807) is 31.4 Å². The van der Waals surface area contributed by atoms with Crippen molar-refractivity contribution in [3.8, 4) is 11.5 Å². The number of carbonyl (C=O) groups is 1. The summed E-state index contributed by atoms with van der Waals surface area (Å²) in [7, 11) is -0.402. The molecule has 0 saturated carbocycles. The summed E-state index contributed by atoms with van der Waals surface area (Å²) in [5.41, 5.74) is 0.818. The van der Waals surface area contributed by atoms with E-state index in [1.807, 2.05) is 0 Å². The van der Waals surface area contributed by atoms with Gasteiger partial charge in [0.15, 0.2) is 0 Å². The van der Waals surface area contributed by atoms with E-state index in [1.165, 1.54) is 18.5 Å². The summed E-state index contributed by atoms with van der Waals surface area (Å²) in [6, 6.07) is 8.02. The van der Waals surface area contributed by atoms with Crippen LogP contribution < -0.4 is 14.7 Å². The monoisotopic (exact) mass is 288 g/mol. The molecule has 7 nitrogen and oxygen atoms in total. The molecule has 0 aliphatic heterocycles. The summed E-state index contributed by atoms with van der Waals surface area (Å²) in [6.45, 7) is 0. The lowest BCUT2D eigenvalue weighted by atomic mass is 10.2. The molecule has 3 N–H and O–H groups in total. The van der Waals surface area contributed by atoms with Crippen LogP contribution in [0.3, 0.4) is 0 Å². The first-order valence-electron chi connectivity index (χ1n) is 6.02. The number of nitrogens with zero attached hydrogens (tertiary/aromatic N) is 1. The summed E-state index contributed by atoms with van der Waals surface area (Å²) in [5, 5.41) is 20.0. The average molecular weight is 288 g/mol. The Bertz CT molecular complexity index is 618. The fraction of sp³-hybridized carbons (Fsp3) is 0.0769. The standard InChI is InChI=1S/C13H13BN2O5/c1-20-11-4-2-9(3-5-11)13(17)16-10-6-12(8-15-7-10)21-14(18)19/h2-8,18-19H,1H3,(H,16,17). The molecular formula is C13H13BN2O5. The van der Waals surface area contributed by atoms with E-state index in [9.17, 15) is 4.79 Å². The number of hydrogen-bond donors (Lipinski definition) is 3. The molecule has 2 aromatic rings. The minimum absolute atomic E-state index is 0.123. The molecule has 0 aliphatic rings. The van der Waals surface area contributed by atoms with Crippen LogP contribution in [0.2, 0.25) is 0 Å². The van der Waals surface area contributed by atoms with Crippen LogP contribution in [0.5, 0.6) is 11.5 Å². The summed E-state index contributed by atoms with van der Waals surface area (Å²) in [5.74, 6) is 0.444. The van der Waals surface area contributed by atoms with Crippen molar-refractivity contribution in [3.63, 3.8) is 0 Å². The summed E-state index contributed by atoms with van der Waals surface area (Å²) < 4.78 is 9.67. The number of aromatic nitrogens is 1. The van der Waals surface area contributed by atoms with Gasteiger partial charge in [0, 0.05) is 11.6 Å². The zero-order valence-corrected chi connectivity index (χ0v) is 11.2. The van der Waals surface area contributed by atoms with Crippen molar-refractivity contribution in [2.45, 2.75) is 0 Å². The Morgan fingerprint density at radius 3 is 2.52 bits per heavy atom. The van der Waals surface area contributed by atoms with Gasteiger partial charge in [-0.15, -0.1) is 0 Å². The zero-order chi connectivity index (χ0) is 15.2. The average Bonchev–Trinajstić information content (AvgIpc) is 2.47. The maximum atomic E-state index is 12.0. The van der Waals surface area contributed by atoms with E-state index in [2.05, 4.69) is 15.0 Å². The number of nitrogens with one attached hydrogen (secondary N) is 1. The van der Waals surface area contributed by atoms with E-state index in [0.29, 0.717) is 17.0 Å². The van der Waals surface area contributed by atoms with Crippen LogP contribution in [-0.2, 0) is 0 Å². The van der Waals surface area contributed by atoms with Gasteiger partial charge in [-0.1, -0.05) is 0 Å². The first-order valence-corrected chi connectivity index (χ1v) is 6.02. The van der Waals surface area contributed by atoms with Crippen LogP contribution >= 0.6 is 0 Å². The molecule has 1 aromatic carbocycles. The SMILES string of the molecule is COc1ccc(C(=O)Nc2cncc(OB(O)O)c2)cc1. The largest absolute Gasteiger partial charge is 0.707 e. The molecule has 0 saturated heterocycles. The third-order valence-electron chi connectivity index (χ3n) is 2.56. The first-order chi connectivity index (χ1) is 10.1. The Labute approximate surface area is 121 Å². The summed E-state index contributed by atoms with van der Waals surface area (Å²) in [6.07, 6.45) is 2.71. The number of ether oxygens (including phenoxy) is 1. The molecule has 0 bridgehead atoms. The normalized spacial score (nSPS) is 9.86. The molecule has 108 valence electrons. The molecule has 0 aliphatic carbocycles. The molecule has 1 amide bonds. The Morgan fingerprint density at radius 2 is 1.90 bits per heavy atom. The fourth-order valence-electron chi connectivity index (χ4n) is 1.62. The number of hydrogen-bond acceptors (Lipinski definition) is 6. The molecule has 21 heavy (non-hydrogen) atoms. The van der Waals surface area contributed by atoms with Crippen molar-refractivity contribution in [1.29, 1.82) is 0 Å². The Hall–Kier alpha value is -2.58. The van der Waals surface area contributed by atoms with Gasteiger partial charge < -0.3 is 24.8 Å². The van der Waals surface area contributed by atoms with Crippen LogP contribution in [0.4, 0.5) is 5.69 Å². The van der Waals surface area contributed by atoms with Crippen LogP contribution in [0.15, 0.2) is 42.7 Å². The summed E-state index contributed by atoms with van der Waals surface area (Å²) in [4.78, 5) is 15.9. The van der Waals surface area contributed by atoms with Crippen molar-refractivity contribution < 1.29 is 24.2 Å². The second-order valence-corrected chi connectivity index (χ2v) is 4.04. The number of carbonyl (C=O) groups excluding carboxylic acids is 1. The van der Waals surface area contributed by atoms with Crippen molar-refractivity contribution in [2.24, 2.45) is 0 Å².